The molecule has 4 aliphatic heterocycles. The summed E-state index contributed by atoms with van der Waals surface area (Å²) in [5.74, 6) is -3.31. The number of piperazine rings is 1. The molecule has 10 nitrogen and oxygen atoms in total. The number of likely N-dealkylation sites (tertiary alicyclic amines) is 1. The molecule has 43 heavy (non-hydrogen) atoms. The van der Waals surface area contributed by atoms with Crippen LogP contribution in [0.3, 0.4) is 0 Å². The smallest absolute Gasteiger partial charge is 0.280 e. The third kappa shape index (κ3) is 3.86. The van der Waals surface area contributed by atoms with Crippen LogP contribution in [0.5, 0.6) is 0 Å². The second-order valence-corrected chi connectivity index (χ2v) is 13.2. The van der Waals surface area contributed by atoms with Crippen molar-refractivity contribution in [3.05, 3.63) is 71.4 Å². The number of likely N-dealkylation sites (N-methyl/N-ethyl adjacent to an activating group) is 1. The zero-order valence-corrected chi connectivity index (χ0v) is 24.5. The summed E-state index contributed by atoms with van der Waals surface area (Å²) in [4.78, 5) is 50.4. The number of benzene rings is 2. The molecule has 0 radical (unpaired) electrons. The Morgan fingerprint density at radius 2 is 1.98 bits per heavy atom. The van der Waals surface area contributed by atoms with Crippen molar-refractivity contribution in [3.63, 3.8) is 0 Å². The van der Waals surface area contributed by atoms with Gasteiger partial charge in [0, 0.05) is 48.6 Å². The van der Waals surface area contributed by atoms with E-state index in [1.165, 1.54) is 28.3 Å². The molecule has 3 aromatic rings. The Labute approximate surface area is 250 Å². The van der Waals surface area contributed by atoms with Crippen LogP contribution in [0.25, 0.3) is 10.9 Å². The van der Waals surface area contributed by atoms with Crippen LogP contribution >= 0.6 is 0 Å². The maximum atomic E-state index is 14.2. The number of ether oxygens (including phenoxy) is 1. The van der Waals surface area contributed by atoms with Gasteiger partial charge in [-0.1, -0.05) is 42.5 Å². The minimum atomic E-state index is -2.03. The molecule has 0 bridgehead atoms. The van der Waals surface area contributed by atoms with E-state index in [1.54, 1.807) is 4.90 Å². The highest BCUT2D eigenvalue weighted by atomic mass is 16.7. The molecule has 5 heterocycles. The molecule has 1 aromatic heterocycles. The number of aromatic amines is 1. The summed E-state index contributed by atoms with van der Waals surface area (Å²) in [5.41, 5.74) is 2.74. The fraction of sp³-hybridized carbons (Fsp3) is 0.485. The van der Waals surface area contributed by atoms with Crippen molar-refractivity contribution in [2.75, 3.05) is 20.1 Å². The Balaban J connectivity index is 1.08. The molecule has 5 aliphatic rings. The van der Waals surface area contributed by atoms with E-state index in [1.807, 2.05) is 30.3 Å². The zero-order valence-electron chi connectivity index (χ0n) is 24.5. The predicted octanol–water partition coefficient (Wildman–Crippen LogP) is 2.08. The molecule has 0 saturated carbocycles. The first kappa shape index (κ1) is 26.9. The summed E-state index contributed by atoms with van der Waals surface area (Å²) in [5, 5.41) is 16.2. The lowest BCUT2D eigenvalue weighted by Crippen LogP contribution is -2.71. The van der Waals surface area contributed by atoms with Gasteiger partial charge in [0.1, 0.15) is 12.1 Å². The minimum absolute atomic E-state index is 0.171. The largest absolute Gasteiger partial charge is 0.361 e. The maximum absolute atomic E-state index is 14.2. The van der Waals surface area contributed by atoms with Crippen molar-refractivity contribution in [1.82, 2.24) is 25.0 Å². The van der Waals surface area contributed by atoms with Crippen LogP contribution in [0.2, 0.25) is 0 Å². The van der Waals surface area contributed by atoms with Crippen molar-refractivity contribution in [2.45, 2.75) is 74.7 Å². The van der Waals surface area contributed by atoms with E-state index in [4.69, 9.17) is 4.74 Å². The van der Waals surface area contributed by atoms with Crippen LogP contribution in [0.1, 0.15) is 48.8 Å². The number of H-pyrrole nitrogens is 1. The number of nitrogens with zero attached hydrogens (tertiary/aromatic N) is 3. The molecular weight excluding hydrogens is 546 g/mol. The topological polar surface area (TPSA) is 118 Å². The zero-order chi connectivity index (χ0) is 29.7. The number of carbonyl (C=O) groups is 3. The number of piperidine rings is 1. The summed E-state index contributed by atoms with van der Waals surface area (Å²) in [7, 11) is 2.06. The third-order valence-electron chi connectivity index (χ3n) is 10.6. The first-order valence-corrected chi connectivity index (χ1v) is 15.4. The van der Waals surface area contributed by atoms with Crippen molar-refractivity contribution in [3.8, 4) is 0 Å². The first-order valence-electron chi connectivity index (χ1n) is 15.4. The molecule has 1 aliphatic carbocycles. The Hall–Kier alpha value is -3.73. The molecule has 10 heteroatoms. The average Bonchev–Trinajstić information content (AvgIpc) is 3.70. The van der Waals surface area contributed by atoms with Gasteiger partial charge in [-0.25, -0.2) is 0 Å². The number of aromatic nitrogens is 1. The summed E-state index contributed by atoms with van der Waals surface area (Å²) < 4.78 is 6.25. The maximum Gasteiger partial charge on any atom is 0.280 e. The van der Waals surface area contributed by atoms with Crippen LogP contribution in [-0.4, -0.2) is 92.4 Å². The Morgan fingerprint density at radius 3 is 2.79 bits per heavy atom. The van der Waals surface area contributed by atoms with E-state index < -0.39 is 29.6 Å². The van der Waals surface area contributed by atoms with E-state index >= 15 is 0 Å². The standard InChI is InChI=1S/C33H37N5O5/c1-32(35-29(39)21-15-23-22-10-6-11-24-28(22)20(17-34-24)16-25(23)36(2)18-21)31(41)38-26(14-19-8-4-3-5-9-19)30(40)37-13-7-12-27(37)33(38,42)43-32/h3-6,8-11,17,21,23,25-27,34,42H,7,12-16,18H2,1-2H3,(H,35,39)/t21-,23-,25-,26+,27+,32-,33-/m1/s1. The van der Waals surface area contributed by atoms with Crippen molar-refractivity contribution >= 4 is 28.6 Å². The Morgan fingerprint density at radius 1 is 1.16 bits per heavy atom. The molecule has 3 amide bonds. The summed E-state index contributed by atoms with van der Waals surface area (Å²) in [6, 6.07) is 14.4. The Kier molecular flexibility index (Phi) is 5.86. The molecule has 4 saturated heterocycles. The first-order chi connectivity index (χ1) is 20.7. The fourth-order valence-electron chi connectivity index (χ4n) is 8.65. The number of hydrogen-bond acceptors (Lipinski definition) is 6. The van der Waals surface area contributed by atoms with Gasteiger partial charge in [-0.05, 0) is 62.4 Å². The van der Waals surface area contributed by atoms with Crippen LogP contribution in [0, 0.1) is 5.92 Å². The molecule has 224 valence electrons. The lowest BCUT2D eigenvalue weighted by atomic mass is 9.72. The fourth-order valence-corrected chi connectivity index (χ4v) is 8.65. The Bertz CT molecular complexity index is 1640. The number of carbonyl (C=O) groups excluding carboxylic acids is 3. The number of hydrogen-bond donors (Lipinski definition) is 3. The van der Waals surface area contributed by atoms with Crippen LogP contribution in [0.4, 0.5) is 0 Å². The highest BCUT2D eigenvalue weighted by Gasteiger charge is 2.70. The molecule has 8 rings (SSSR count). The van der Waals surface area contributed by atoms with Gasteiger partial charge in [0.25, 0.3) is 11.8 Å². The summed E-state index contributed by atoms with van der Waals surface area (Å²) >= 11 is 0. The van der Waals surface area contributed by atoms with E-state index in [9.17, 15) is 19.5 Å². The summed E-state index contributed by atoms with van der Waals surface area (Å²) in [6.07, 6.45) is 5.13. The summed E-state index contributed by atoms with van der Waals surface area (Å²) in [6.45, 7) is 2.56. The normalized spacial score (nSPS) is 35.2. The second-order valence-electron chi connectivity index (χ2n) is 13.2. The highest BCUT2D eigenvalue weighted by molar-refractivity contribution is 5.97. The van der Waals surface area contributed by atoms with E-state index in [2.05, 4.69) is 46.6 Å². The molecule has 0 spiro atoms. The van der Waals surface area contributed by atoms with Crippen LogP contribution in [0.15, 0.2) is 54.7 Å². The van der Waals surface area contributed by atoms with Gasteiger partial charge in [0.15, 0.2) is 0 Å². The number of rotatable bonds is 4. The van der Waals surface area contributed by atoms with Crippen molar-refractivity contribution in [2.24, 2.45) is 5.92 Å². The lowest BCUT2D eigenvalue weighted by molar-refractivity contribution is -0.315. The van der Waals surface area contributed by atoms with Gasteiger partial charge < -0.3 is 25.2 Å². The molecule has 7 atom stereocenters. The van der Waals surface area contributed by atoms with Gasteiger partial charge in [-0.15, -0.1) is 0 Å². The van der Waals surface area contributed by atoms with Gasteiger partial charge in [-0.2, -0.15) is 0 Å². The average molecular weight is 584 g/mol. The number of fused-ring (bicyclic) bond motifs is 5. The molecule has 4 fully saturated rings. The predicted molar refractivity (Wildman–Crippen MR) is 157 cm³/mol. The molecule has 3 N–H and O–H groups in total. The number of amides is 3. The molecule has 0 unspecified atom stereocenters. The van der Waals surface area contributed by atoms with Gasteiger partial charge in [-0.3, -0.25) is 24.0 Å². The monoisotopic (exact) mass is 583 g/mol. The van der Waals surface area contributed by atoms with Crippen LogP contribution in [-0.2, 0) is 32.0 Å². The SMILES string of the molecule is CN1C[C@H](C(=O)N[C@]2(C)O[C@]3(O)[C@@H]4CCCN4C(=O)[C@H](Cc4ccccc4)N3C2=O)C[C@@H]2c3cccc4[nH]cc(c34)C[C@H]21. The van der Waals surface area contributed by atoms with E-state index in [0.717, 1.165) is 17.5 Å². The van der Waals surface area contributed by atoms with Gasteiger partial charge in [0.05, 0.1) is 5.92 Å². The highest BCUT2D eigenvalue weighted by Crippen LogP contribution is 2.47. The molecule has 2 aromatic carbocycles. The van der Waals surface area contributed by atoms with Crippen LogP contribution < -0.4 is 5.32 Å². The van der Waals surface area contributed by atoms with Crippen molar-refractivity contribution < 1.29 is 24.2 Å². The van der Waals surface area contributed by atoms with Gasteiger partial charge in [0.2, 0.25) is 17.5 Å². The van der Waals surface area contributed by atoms with Crippen molar-refractivity contribution in [1.29, 1.82) is 0 Å². The lowest BCUT2D eigenvalue weighted by Gasteiger charge is -2.48. The number of nitrogens with one attached hydrogen (secondary N) is 2. The second kappa shape index (κ2) is 9.38. The third-order valence-corrected chi connectivity index (χ3v) is 10.6. The minimum Gasteiger partial charge on any atom is -0.361 e. The van der Waals surface area contributed by atoms with E-state index in [0.29, 0.717) is 32.4 Å². The molecular formula is C33H37N5O5. The van der Waals surface area contributed by atoms with E-state index in [-0.39, 0.29) is 36.1 Å². The number of aliphatic hydroxyl groups is 1. The quantitative estimate of drug-likeness (QED) is 0.433. The van der Waals surface area contributed by atoms with Gasteiger partial charge >= 0.3 is 0 Å².